The zero-order chi connectivity index (χ0) is 17.1. The second kappa shape index (κ2) is 6.95. The van der Waals surface area contributed by atoms with Gasteiger partial charge in [0.25, 0.3) is 5.91 Å². The molecule has 0 unspecified atom stereocenters. The molecule has 0 spiro atoms. The quantitative estimate of drug-likeness (QED) is 0.929. The number of nitrogens with one attached hydrogen (secondary N) is 1. The van der Waals surface area contributed by atoms with Crippen molar-refractivity contribution in [2.75, 3.05) is 23.3 Å². The molecule has 0 aliphatic carbocycles. The lowest BCUT2D eigenvalue weighted by Crippen LogP contribution is -2.33. The van der Waals surface area contributed by atoms with Crippen molar-refractivity contribution in [1.29, 1.82) is 0 Å². The number of hydrogen-bond acceptors (Lipinski definition) is 3. The van der Waals surface area contributed by atoms with Gasteiger partial charge in [-0.15, -0.1) is 0 Å². The maximum atomic E-state index is 13.2. The highest BCUT2D eigenvalue weighted by molar-refractivity contribution is 6.04. The fraction of sp³-hybridized carbons (Fsp3) is 0.333. The van der Waals surface area contributed by atoms with Gasteiger partial charge >= 0.3 is 0 Å². The van der Waals surface area contributed by atoms with E-state index in [-0.39, 0.29) is 5.69 Å². The molecule has 1 saturated heterocycles. The molecule has 0 atom stereocenters. The van der Waals surface area contributed by atoms with Gasteiger partial charge in [-0.05, 0) is 37.0 Å². The van der Waals surface area contributed by atoms with Crippen LogP contribution in [-0.4, -0.2) is 24.0 Å². The van der Waals surface area contributed by atoms with Crippen LogP contribution >= 0.6 is 0 Å². The molecule has 0 radical (unpaired) electrons. The van der Waals surface area contributed by atoms with Crippen molar-refractivity contribution >= 4 is 17.3 Å². The van der Waals surface area contributed by atoms with Crippen LogP contribution in [0.5, 0.6) is 0 Å². The van der Waals surface area contributed by atoms with Crippen molar-refractivity contribution in [2.45, 2.75) is 19.8 Å². The first kappa shape index (κ1) is 16.4. The summed E-state index contributed by atoms with van der Waals surface area (Å²) in [6, 6.07) is 5.03. The van der Waals surface area contributed by atoms with Gasteiger partial charge in [-0.2, -0.15) is 0 Å². The van der Waals surface area contributed by atoms with E-state index < -0.39 is 17.5 Å². The highest BCUT2D eigenvalue weighted by Crippen LogP contribution is 2.23. The summed E-state index contributed by atoms with van der Waals surface area (Å²) in [6.07, 6.45) is 5.44. The summed E-state index contributed by atoms with van der Waals surface area (Å²) in [7, 11) is 0. The molecule has 0 saturated carbocycles. The molecular formula is C18H19F2N3O. The highest BCUT2D eigenvalue weighted by atomic mass is 19.2. The van der Waals surface area contributed by atoms with E-state index in [1.165, 1.54) is 12.3 Å². The lowest BCUT2D eigenvalue weighted by Gasteiger charge is -2.32. The van der Waals surface area contributed by atoms with E-state index in [9.17, 15) is 13.6 Å². The molecule has 24 heavy (non-hydrogen) atoms. The first-order valence-corrected chi connectivity index (χ1v) is 7.99. The van der Waals surface area contributed by atoms with E-state index in [2.05, 4.69) is 22.1 Å². The van der Waals surface area contributed by atoms with Gasteiger partial charge in [-0.25, -0.2) is 8.78 Å². The average molecular weight is 331 g/mol. The number of aromatic nitrogens is 1. The smallest absolute Gasteiger partial charge is 0.257 e. The molecule has 1 N–H and O–H groups in total. The molecule has 2 heterocycles. The number of carbonyl (C=O) groups excluding carboxylic acids is 1. The lowest BCUT2D eigenvalue weighted by molar-refractivity contribution is 0.102. The molecule has 1 fully saturated rings. The Kier molecular flexibility index (Phi) is 4.74. The Balaban J connectivity index is 1.73. The average Bonchev–Trinajstić information content (AvgIpc) is 2.59. The number of amides is 1. The molecule has 1 aliphatic heterocycles. The number of carbonyl (C=O) groups is 1. The van der Waals surface area contributed by atoms with E-state index in [4.69, 9.17) is 0 Å². The van der Waals surface area contributed by atoms with Gasteiger partial charge in [0.15, 0.2) is 11.6 Å². The van der Waals surface area contributed by atoms with Crippen LogP contribution in [0.25, 0.3) is 0 Å². The summed E-state index contributed by atoms with van der Waals surface area (Å²) in [5.74, 6) is -1.63. The summed E-state index contributed by atoms with van der Waals surface area (Å²) in [6.45, 7) is 4.12. The number of benzene rings is 1. The van der Waals surface area contributed by atoms with Gasteiger partial charge in [0.2, 0.25) is 0 Å². The zero-order valence-corrected chi connectivity index (χ0v) is 13.4. The first-order valence-electron chi connectivity index (χ1n) is 7.99. The molecule has 1 amide bonds. The third-order valence-electron chi connectivity index (χ3n) is 4.31. The molecule has 126 valence electrons. The second-order valence-electron chi connectivity index (χ2n) is 6.18. The predicted octanol–water partition coefficient (Wildman–Crippen LogP) is 3.85. The molecule has 4 nitrogen and oxygen atoms in total. The number of rotatable bonds is 3. The third-order valence-corrected chi connectivity index (χ3v) is 4.31. The monoisotopic (exact) mass is 331 g/mol. The van der Waals surface area contributed by atoms with Crippen LogP contribution in [0.1, 0.15) is 30.1 Å². The van der Waals surface area contributed by atoms with Crippen LogP contribution in [-0.2, 0) is 0 Å². The Morgan fingerprint density at radius 1 is 1.17 bits per heavy atom. The molecular weight excluding hydrogens is 312 g/mol. The van der Waals surface area contributed by atoms with Crippen LogP contribution in [0.2, 0.25) is 0 Å². The lowest BCUT2D eigenvalue weighted by atomic mass is 9.99. The van der Waals surface area contributed by atoms with Crippen LogP contribution in [0, 0.1) is 17.6 Å². The number of halogens is 2. The van der Waals surface area contributed by atoms with Gasteiger partial charge in [0, 0.05) is 31.0 Å². The fourth-order valence-electron chi connectivity index (χ4n) is 2.77. The molecule has 2 aromatic rings. The van der Waals surface area contributed by atoms with Crippen molar-refractivity contribution in [3.05, 3.63) is 53.9 Å². The second-order valence-corrected chi connectivity index (χ2v) is 6.18. The first-order chi connectivity index (χ1) is 11.5. The van der Waals surface area contributed by atoms with Crippen LogP contribution in [0.4, 0.5) is 20.2 Å². The third kappa shape index (κ3) is 3.69. The molecule has 1 aromatic carbocycles. The van der Waals surface area contributed by atoms with Gasteiger partial charge in [0.1, 0.15) is 0 Å². The predicted molar refractivity (Wildman–Crippen MR) is 89.2 cm³/mol. The summed E-state index contributed by atoms with van der Waals surface area (Å²) < 4.78 is 26.2. The SMILES string of the molecule is CC1CCN(c2cncc(C(=O)Nc3ccc(F)c(F)c3)c2)CC1. The van der Waals surface area contributed by atoms with Crippen LogP contribution in [0.3, 0.4) is 0 Å². The Labute approximate surface area is 139 Å². The van der Waals surface area contributed by atoms with Crippen molar-refractivity contribution in [1.82, 2.24) is 4.98 Å². The number of anilines is 2. The largest absolute Gasteiger partial charge is 0.370 e. The van der Waals surface area contributed by atoms with Crippen LogP contribution < -0.4 is 10.2 Å². The van der Waals surface area contributed by atoms with Crippen molar-refractivity contribution in [2.24, 2.45) is 5.92 Å². The van der Waals surface area contributed by atoms with Crippen LogP contribution in [0.15, 0.2) is 36.7 Å². The molecule has 0 bridgehead atoms. The maximum Gasteiger partial charge on any atom is 0.257 e. The standard InChI is InChI=1S/C18H19F2N3O/c1-12-4-6-23(7-5-12)15-8-13(10-21-11-15)18(24)22-14-2-3-16(19)17(20)9-14/h2-3,8-12H,4-7H2,1H3,(H,22,24). The zero-order valence-electron chi connectivity index (χ0n) is 13.4. The van der Waals surface area contributed by atoms with Gasteiger partial charge < -0.3 is 10.2 Å². The van der Waals surface area contributed by atoms with Crippen molar-refractivity contribution in [3.63, 3.8) is 0 Å². The van der Waals surface area contributed by atoms with E-state index in [0.29, 0.717) is 11.5 Å². The summed E-state index contributed by atoms with van der Waals surface area (Å²) in [4.78, 5) is 18.7. The van der Waals surface area contributed by atoms with Gasteiger partial charge in [0.05, 0.1) is 17.4 Å². The Morgan fingerprint density at radius 2 is 1.92 bits per heavy atom. The Morgan fingerprint density at radius 3 is 2.62 bits per heavy atom. The summed E-state index contributed by atoms with van der Waals surface area (Å²) in [5, 5.41) is 2.56. The van der Waals surface area contributed by atoms with E-state index in [1.54, 1.807) is 12.3 Å². The number of hydrogen-bond donors (Lipinski definition) is 1. The normalized spacial score (nSPS) is 15.4. The molecule has 1 aromatic heterocycles. The van der Waals surface area contributed by atoms with Crippen molar-refractivity contribution < 1.29 is 13.6 Å². The van der Waals surface area contributed by atoms with Crippen molar-refractivity contribution in [3.8, 4) is 0 Å². The van der Waals surface area contributed by atoms with Gasteiger partial charge in [-0.1, -0.05) is 6.92 Å². The van der Waals surface area contributed by atoms with E-state index in [1.807, 2.05) is 0 Å². The number of piperidine rings is 1. The van der Waals surface area contributed by atoms with E-state index >= 15 is 0 Å². The Bertz CT molecular complexity index is 743. The van der Waals surface area contributed by atoms with Gasteiger partial charge in [-0.3, -0.25) is 9.78 Å². The molecule has 3 rings (SSSR count). The summed E-state index contributed by atoms with van der Waals surface area (Å²) in [5.41, 5.74) is 1.49. The maximum absolute atomic E-state index is 13.2. The highest BCUT2D eigenvalue weighted by Gasteiger charge is 2.17. The topological polar surface area (TPSA) is 45.2 Å². The number of nitrogens with zero attached hydrogens (tertiary/aromatic N) is 2. The molecule has 6 heteroatoms. The minimum absolute atomic E-state index is 0.205. The minimum Gasteiger partial charge on any atom is -0.370 e. The Hall–Kier alpha value is -2.50. The molecule has 1 aliphatic rings. The fourth-order valence-corrected chi connectivity index (χ4v) is 2.77. The summed E-state index contributed by atoms with van der Waals surface area (Å²) >= 11 is 0. The van der Waals surface area contributed by atoms with E-state index in [0.717, 1.165) is 43.8 Å². The number of pyridine rings is 1. The minimum atomic E-state index is -0.998.